The van der Waals surface area contributed by atoms with E-state index in [9.17, 15) is 9.59 Å². The fraction of sp³-hybridized carbons (Fsp3) is 0.600. The quantitative estimate of drug-likeness (QED) is 0.847. The van der Waals surface area contributed by atoms with E-state index in [-0.39, 0.29) is 30.1 Å². The highest BCUT2D eigenvalue weighted by Gasteiger charge is 2.23. The minimum atomic E-state index is 0. The molecule has 26 heavy (non-hydrogen) atoms. The van der Waals surface area contributed by atoms with Gasteiger partial charge in [-0.1, -0.05) is 6.92 Å². The van der Waals surface area contributed by atoms with Crippen molar-refractivity contribution in [2.45, 2.75) is 39.5 Å². The van der Waals surface area contributed by atoms with Crippen LogP contribution in [0, 0.1) is 18.8 Å². The molecular formula is C20H30ClN3O2. The first-order valence-electron chi connectivity index (χ1n) is 9.46. The topological polar surface area (TPSA) is 61.4 Å². The van der Waals surface area contributed by atoms with Crippen LogP contribution < -0.4 is 10.6 Å². The molecule has 2 heterocycles. The fourth-order valence-electron chi connectivity index (χ4n) is 3.64. The van der Waals surface area contributed by atoms with E-state index in [1.54, 1.807) is 0 Å². The molecule has 2 aliphatic rings. The van der Waals surface area contributed by atoms with Crippen LogP contribution in [0.4, 0.5) is 5.69 Å². The van der Waals surface area contributed by atoms with Crippen molar-refractivity contribution in [1.29, 1.82) is 0 Å². The molecule has 3 rings (SSSR count). The predicted octanol–water partition coefficient (Wildman–Crippen LogP) is 3.23. The number of aryl methyl sites for hydroxylation is 1. The SMILES string of the molecule is Cc1cc(C(=O)N2CCC(C)CC2)ccc1NC(=O)C1CCCNC1.Cl. The lowest BCUT2D eigenvalue weighted by Gasteiger charge is -2.30. The molecule has 0 spiro atoms. The number of nitrogens with zero attached hydrogens (tertiary/aromatic N) is 1. The average molecular weight is 380 g/mol. The zero-order valence-corrected chi connectivity index (χ0v) is 16.5. The van der Waals surface area contributed by atoms with Crippen molar-refractivity contribution in [3.8, 4) is 0 Å². The van der Waals surface area contributed by atoms with E-state index in [1.807, 2.05) is 30.0 Å². The first-order chi connectivity index (χ1) is 12.0. The second-order valence-corrected chi connectivity index (χ2v) is 7.54. The first kappa shape index (κ1) is 20.7. The standard InChI is InChI=1S/C20H29N3O2.ClH/c1-14-7-10-23(11-8-14)20(25)16-5-6-18(15(2)12-16)22-19(24)17-4-3-9-21-13-17;/h5-6,12,14,17,21H,3-4,7-11,13H2,1-2H3,(H,22,24);1H. The number of carbonyl (C=O) groups excluding carboxylic acids is 2. The number of benzene rings is 1. The Bertz CT molecular complexity index is 636. The largest absolute Gasteiger partial charge is 0.339 e. The molecule has 0 bridgehead atoms. The van der Waals surface area contributed by atoms with Gasteiger partial charge in [0.25, 0.3) is 5.91 Å². The van der Waals surface area contributed by atoms with Crippen LogP contribution in [0.15, 0.2) is 18.2 Å². The molecule has 1 atom stereocenters. The van der Waals surface area contributed by atoms with E-state index in [2.05, 4.69) is 17.6 Å². The number of piperidine rings is 2. The maximum absolute atomic E-state index is 12.7. The molecule has 0 radical (unpaired) electrons. The van der Waals surface area contributed by atoms with E-state index < -0.39 is 0 Å². The van der Waals surface area contributed by atoms with Crippen molar-refractivity contribution in [1.82, 2.24) is 10.2 Å². The Balaban J connectivity index is 0.00000243. The van der Waals surface area contributed by atoms with E-state index >= 15 is 0 Å². The Morgan fingerprint density at radius 2 is 1.92 bits per heavy atom. The second-order valence-electron chi connectivity index (χ2n) is 7.54. The van der Waals surface area contributed by atoms with Crippen LogP contribution in [0.25, 0.3) is 0 Å². The molecule has 1 aromatic rings. The van der Waals surface area contributed by atoms with Gasteiger partial charge < -0.3 is 15.5 Å². The van der Waals surface area contributed by atoms with Gasteiger partial charge in [0.2, 0.25) is 5.91 Å². The number of halogens is 1. The smallest absolute Gasteiger partial charge is 0.253 e. The van der Waals surface area contributed by atoms with Gasteiger partial charge >= 0.3 is 0 Å². The van der Waals surface area contributed by atoms with Gasteiger partial charge in [-0.2, -0.15) is 0 Å². The molecule has 1 unspecified atom stereocenters. The lowest BCUT2D eigenvalue weighted by Crippen LogP contribution is -2.38. The molecule has 2 saturated heterocycles. The zero-order chi connectivity index (χ0) is 17.8. The molecule has 0 saturated carbocycles. The molecule has 2 N–H and O–H groups in total. The third-order valence-electron chi connectivity index (χ3n) is 5.47. The van der Waals surface area contributed by atoms with E-state index in [0.717, 1.165) is 63.1 Å². The third kappa shape index (κ3) is 4.98. The Kier molecular flexibility index (Phi) is 7.47. The van der Waals surface area contributed by atoms with Crippen molar-refractivity contribution in [2.75, 3.05) is 31.5 Å². The summed E-state index contributed by atoms with van der Waals surface area (Å²) in [6, 6.07) is 5.60. The van der Waals surface area contributed by atoms with Gasteiger partial charge in [0.1, 0.15) is 0 Å². The lowest BCUT2D eigenvalue weighted by atomic mass is 9.97. The summed E-state index contributed by atoms with van der Waals surface area (Å²) in [5, 5.41) is 6.30. The second kappa shape index (κ2) is 9.38. The van der Waals surface area contributed by atoms with Crippen LogP contribution in [0.1, 0.15) is 48.5 Å². The predicted molar refractivity (Wildman–Crippen MR) is 107 cm³/mol. The van der Waals surface area contributed by atoms with Gasteiger partial charge in [-0.05, 0) is 68.8 Å². The van der Waals surface area contributed by atoms with Crippen molar-refractivity contribution in [2.24, 2.45) is 11.8 Å². The number of likely N-dealkylation sites (tertiary alicyclic amines) is 1. The monoisotopic (exact) mass is 379 g/mol. The normalized spacial score (nSPS) is 21.0. The van der Waals surface area contributed by atoms with Crippen molar-refractivity contribution in [3.63, 3.8) is 0 Å². The highest BCUT2D eigenvalue weighted by atomic mass is 35.5. The number of rotatable bonds is 3. The van der Waals surface area contributed by atoms with Crippen LogP contribution in [0.2, 0.25) is 0 Å². The molecule has 1 aromatic carbocycles. The minimum absolute atomic E-state index is 0. The average Bonchev–Trinajstić information content (AvgIpc) is 2.64. The summed E-state index contributed by atoms with van der Waals surface area (Å²) >= 11 is 0. The van der Waals surface area contributed by atoms with Gasteiger partial charge in [0, 0.05) is 30.9 Å². The highest BCUT2D eigenvalue weighted by molar-refractivity contribution is 5.97. The van der Waals surface area contributed by atoms with Crippen LogP contribution in [0.3, 0.4) is 0 Å². The summed E-state index contributed by atoms with van der Waals surface area (Å²) in [5.41, 5.74) is 2.46. The molecule has 144 valence electrons. The Hall–Kier alpha value is -1.59. The molecule has 2 fully saturated rings. The van der Waals surface area contributed by atoms with Crippen LogP contribution in [-0.2, 0) is 4.79 Å². The number of hydrogen-bond donors (Lipinski definition) is 2. The number of amides is 2. The number of nitrogens with one attached hydrogen (secondary N) is 2. The van der Waals surface area contributed by atoms with Gasteiger partial charge in [-0.3, -0.25) is 9.59 Å². The fourth-order valence-corrected chi connectivity index (χ4v) is 3.64. The third-order valence-corrected chi connectivity index (χ3v) is 5.47. The summed E-state index contributed by atoms with van der Waals surface area (Å²) in [5.74, 6) is 0.909. The molecule has 6 heteroatoms. The molecule has 2 amide bonds. The molecular weight excluding hydrogens is 350 g/mol. The highest BCUT2D eigenvalue weighted by Crippen LogP contribution is 2.22. The van der Waals surface area contributed by atoms with E-state index in [4.69, 9.17) is 0 Å². The van der Waals surface area contributed by atoms with Crippen LogP contribution in [-0.4, -0.2) is 42.9 Å². The maximum atomic E-state index is 12.7. The lowest BCUT2D eigenvalue weighted by molar-refractivity contribution is -0.120. The van der Waals surface area contributed by atoms with E-state index in [0.29, 0.717) is 11.5 Å². The summed E-state index contributed by atoms with van der Waals surface area (Å²) in [4.78, 5) is 27.0. The van der Waals surface area contributed by atoms with Gasteiger partial charge in [0.15, 0.2) is 0 Å². The minimum Gasteiger partial charge on any atom is -0.339 e. The number of anilines is 1. The Morgan fingerprint density at radius 1 is 1.19 bits per heavy atom. The van der Waals surface area contributed by atoms with Crippen molar-refractivity contribution < 1.29 is 9.59 Å². The number of carbonyl (C=O) groups is 2. The molecule has 0 aromatic heterocycles. The van der Waals surface area contributed by atoms with Crippen LogP contribution >= 0.6 is 12.4 Å². The summed E-state index contributed by atoms with van der Waals surface area (Å²) < 4.78 is 0. The summed E-state index contributed by atoms with van der Waals surface area (Å²) in [6.07, 6.45) is 4.13. The van der Waals surface area contributed by atoms with Gasteiger partial charge in [-0.25, -0.2) is 0 Å². The molecule has 0 aliphatic carbocycles. The van der Waals surface area contributed by atoms with Crippen molar-refractivity contribution >= 4 is 29.9 Å². The Labute approximate surface area is 162 Å². The van der Waals surface area contributed by atoms with Gasteiger partial charge in [0.05, 0.1) is 5.92 Å². The first-order valence-corrected chi connectivity index (χ1v) is 9.46. The zero-order valence-electron chi connectivity index (χ0n) is 15.7. The van der Waals surface area contributed by atoms with Crippen molar-refractivity contribution in [3.05, 3.63) is 29.3 Å². The van der Waals surface area contributed by atoms with Gasteiger partial charge in [-0.15, -0.1) is 12.4 Å². The summed E-state index contributed by atoms with van der Waals surface area (Å²) in [7, 11) is 0. The molecule has 5 nitrogen and oxygen atoms in total. The number of hydrogen-bond acceptors (Lipinski definition) is 3. The Morgan fingerprint density at radius 3 is 2.54 bits per heavy atom. The molecule has 2 aliphatic heterocycles. The maximum Gasteiger partial charge on any atom is 0.253 e. The summed E-state index contributed by atoms with van der Waals surface area (Å²) in [6.45, 7) is 7.61. The van der Waals surface area contributed by atoms with E-state index in [1.165, 1.54) is 0 Å². The van der Waals surface area contributed by atoms with Crippen LogP contribution in [0.5, 0.6) is 0 Å².